The number of benzene rings is 2. The number of rotatable bonds is 8. The molecular weight excluding hydrogens is 592 g/mol. The standard InChI is InChI=1S/C32H30F2N3O6S/c1-2-3-8-41-31(40)43-17-42-29-25(38)11-24(37-28(29)30(39)36(16-35-37)32-12-18(13-32)14-32)21-10-23(33)27(34)22-15-44-26-7-5-4-6-19(26)9-20(21)22/h4-7,10-11,18H,2-3,8-9,12-17H2,1H3/q-1. The van der Waals surface area contributed by atoms with E-state index >= 15 is 8.78 Å². The summed E-state index contributed by atoms with van der Waals surface area (Å²) in [5, 5.41) is 32.3. The minimum absolute atomic E-state index is 0.0403. The van der Waals surface area contributed by atoms with Crippen LogP contribution >= 0.6 is 11.8 Å². The number of ether oxygens (including phenoxy) is 3. The average molecular weight is 623 g/mol. The predicted molar refractivity (Wildman–Crippen MR) is 151 cm³/mol. The molecule has 0 N–H and O–H groups in total. The van der Waals surface area contributed by atoms with E-state index in [1.807, 2.05) is 31.2 Å². The van der Waals surface area contributed by atoms with Crippen molar-refractivity contribution in [2.45, 2.75) is 61.6 Å². The van der Waals surface area contributed by atoms with Gasteiger partial charge in [-0.2, -0.15) is 0 Å². The van der Waals surface area contributed by atoms with Crippen molar-refractivity contribution in [3.8, 4) is 22.8 Å². The summed E-state index contributed by atoms with van der Waals surface area (Å²) >= 11 is 1.42. The molecule has 3 fully saturated rings. The van der Waals surface area contributed by atoms with Crippen LogP contribution in [0.4, 0.5) is 13.6 Å². The number of carbonyl (C=O) groups is 1. The first-order valence-electron chi connectivity index (χ1n) is 14.7. The fraction of sp³-hybridized carbons (Fsp3) is 0.406. The third kappa shape index (κ3) is 4.70. The van der Waals surface area contributed by atoms with Gasteiger partial charge in [-0.05, 0) is 70.8 Å². The first kappa shape index (κ1) is 28.7. The number of aromatic nitrogens is 1. The Kier molecular flexibility index (Phi) is 7.26. The van der Waals surface area contributed by atoms with Gasteiger partial charge >= 0.3 is 6.16 Å². The normalized spacial score (nSPS) is 21.0. The van der Waals surface area contributed by atoms with Crippen molar-refractivity contribution in [3.63, 3.8) is 0 Å². The largest absolute Gasteiger partial charge is 0.870 e. The zero-order chi connectivity index (χ0) is 30.6. The lowest BCUT2D eigenvalue weighted by Gasteiger charge is -2.67. The summed E-state index contributed by atoms with van der Waals surface area (Å²) in [5.41, 5.74) is 1.78. The lowest BCUT2D eigenvalue weighted by atomic mass is 9.49. The number of hydrogen-bond acceptors (Lipinski definition) is 9. The molecule has 2 aliphatic heterocycles. The maximum Gasteiger partial charge on any atom is 0.511 e. The van der Waals surface area contributed by atoms with Gasteiger partial charge in [0.2, 0.25) is 12.5 Å². The van der Waals surface area contributed by atoms with Crippen molar-refractivity contribution in [2.75, 3.05) is 20.1 Å². The molecular formula is C32H30F2N3O6S-. The third-order valence-corrected chi connectivity index (χ3v) is 10.2. The number of nitrogens with zero attached hydrogens (tertiary/aromatic N) is 3. The Bertz CT molecular complexity index is 1780. The van der Waals surface area contributed by atoms with E-state index in [4.69, 9.17) is 14.2 Å². The van der Waals surface area contributed by atoms with Crippen LogP contribution in [0.15, 0.2) is 46.4 Å². The molecule has 3 aliphatic carbocycles. The molecule has 230 valence electrons. The highest BCUT2D eigenvalue weighted by atomic mass is 32.2. The summed E-state index contributed by atoms with van der Waals surface area (Å²) in [4.78, 5) is 14.6. The van der Waals surface area contributed by atoms with Crippen molar-refractivity contribution in [1.82, 2.24) is 4.90 Å². The van der Waals surface area contributed by atoms with E-state index in [-0.39, 0.29) is 52.5 Å². The Morgan fingerprint density at radius 2 is 1.95 bits per heavy atom. The van der Waals surface area contributed by atoms with Crippen LogP contribution < -0.4 is 24.7 Å². The van der Waals surface area contributed by atoms with Gasteiger partial charge in [0.1, 0.15) is 0 Å². The minimum Gasteiger partial charge on any atom is -0.870 e. The van der Waals surface area contributed by atoms with Gasteiger partial charge in [0.25, 0.3) is 5.35 Å². The number of thioether (sulfide) groups is 1. The predicted octanol–water partition coefficient (Wildman–Crippen LogP) is 3.76. The highest BCUT2D eigenvalue weighted by Gasteiger charge is 2.60. The van der Waals surface area contributed by atoms with Crippen molar-refractivity contribution in [1.29, 1.82) is 0 Å². The number of unbranched alkanes of at least 4 members (excludes halogenated alkanes) is 1. The van der Waals surface area contributed by atoms with Crippen molar-refractivity contribution in [3.05, 3.63) is 70.1 Å². The highest BCUT2D eigenvalue weighted by Crippen LogP contribution is 2.61. The van der Waals surface area contributed by atoms with E-state index in [1.165, 1.54) is 22.2 Å². The van der Waals surface area contributed by atoms with Gasteiger partial charge in [-0.15, -0.1) is 11.8 Å². The van der Waals surface area contributed by atoms with Crippen LogP contribution in [-0.2, 0) is 21.6 Å². The second kappa shape index (κ2) is 11.1. The number of pyridine rings is 1. The van der Waals surface area contributed by atoms with Gasteiger partial charge in [-0.1, -0.05) is 37.3 Å². The molecule has 3 aromatic rings. The summed E-state index contributed by atoms with van der Waals surface area (Å²) in [7, 11) is 0. The number of hydrogen-bond donors (Lipinski definition) is 0. The Morgan fingerprint density at radius 3 is 2.70 bits per heavy atom. The molecule has 0 radical (unpaired) electrons. The van der Waals surface area contributed by atoms with Gasteiger partial charge in [-0.3, -0.25) is 0 Å². The Balaban J connectivity index is 1.35. The van der Waals surface area contributed by atoms with Crippen LogP contribution in [0.1, 0.15) is 55.7 Å². The molecule has 12 heteroatoms. The van der Waals surface area contributed by atoms with E-state index in [9.17, 15) is 15.0 Å². The maximum atomic E-state index is 15.2. The van der Waals surface area contributed by atoms with Gasteiger partial charge in [0.15, 0.2) is 24.1 Å². The van der Waals surface area contributed by atoms with E-state index < -0.39 is 36.2 Å². The van der Waals surface area contributed by atoms with E-state index in [0.717, 1.165) is 42.2 Å². The minimum atomic E-state index is -1.06. The van der Waals surface area contributed by atoms with Crippen molar-refractivity contribution < 1.29 is 42.4 Å². The van der Waals surface area contributed by atoms with Gasteiger partial charge in [0, 0.05) is 33.7 Å². The monoisotopic (exact) mass is 622 g/mol. The average Bonchev–Trinajstić information content (AvgIpc) is 3.16. The summed E-state index contributed by atoms with van der Waals surface area (Å²) in [6, 6.07) is 9.93. The molecule has 0 unspecified atom stereocenters. The summed E-state index contributed by atoms with van der Waals surface area (Å²) < 4.78 is 47.3. The lowest BCUT2D eigenvalue weighted by Crippen LogP contribution is -2.71. The summed E-state index contributed by atoms with van der Waals surface area (Å²) in [6.07, 6.45) is 3.44. The van der Waals surface area contributed by atoms with Gasteiger partial charge in [-0.25, -0.2) is 13.6 Å². The second-order valence-electron chi connectivity index (χ2n) is 11.7. The highest BCUT2D eigenvalue weighted by molar-refractivity contribution is 7.98. The third-order valence-electron chi connectivity index (χ3n) is 9.04. The smallest absolute Gasteiger partial charge is 0.511 e. The molecule has 1 aromatic heterocycles. The zero-order valence-electron chi connectivity index (χ0n) is 24.1. The van der Waals surface area contributed by atoms with Crippen LogP contribution in [0.25, 0.3) is 17.1 Å². The fourth-order valence-corrected chi connectivity index (χ4v) is 7.70. The summed E-state index contributed by atoms with van der Waals surface area (Å²) in [5.74, 6) is -2.68. The molecule has 9 nitrogen and oxygen atoms in total. The number of halogens is 2. The quantitative estimate of drug-likeness (QED) is 0.162. The molecule has 5 aliphatic rings. The molecule has 0 amide bonds. The molecule has 8 rings (SSSR count). The molecule has 3 heterocycles. The first-order valence-corrected chi connectivity index (χ1v) is 15.7. The van der Waals surface area contributed by atoms with Crippen LogP contribution in [-0.4, -0.2) is 36.7 Å². The van der Waals surface area contributed by atoms with Crippen molar-refractivity contribution >= 4 is 23.8 Å². The van der Waals surface area contributed by atoms with Crippen LogP contribution in [0.2, 0.25) is 0 Å². The fourth-order valence-electron chi connectivity index (χ4n) is 6.60. The molecule has 44 heavy (non-hydrogen) atoms. The molecule has 0 atom stereocenters. The SMILES string of the molecule is CCCCOC(=O)OCOc1c([O-])cc(-c2cc(F)c(F)c3c2Cc2ccccc2SC3)[n+]2c1=C([O-])N(C13CC(C1)C3)CN=2. The number of carbonyl (C=O) groups excluding carboxylic acids is 1. The van der Waals surface area contributed by atoms with Crippen molar-refractivity contribution in [2.24, 2.45) is 11.0 Å². The Labute approximate surface area is 256 Å². The second-order valence-corrected chi connectivity index (χ2v) is 12.7. The molecule has 2 bridgehead atoms. The molecule has 3 saturated carbocycles. The van der Waals surface area contributed by atoms with E-state index in [0.29, 0.717) is 24.3 Å². The molecule has 0 spiro atoms. The Morgan fingerprint density at radius 1 is 1.16 bits per heavy atom. The zero-order valence-corrected chi connectivity index (χ0v) is 24.9. The topological polar surface area (TPSA) is 112 Å². The molecule has 2 aromatic carbocycles. The van der Waals surface area contributed by atoms with Gasteiger partial charge < -0.3 is 29.3 Å². The van der Waals surface area contributed by atoms with E-state index in [1.54, 1.807) is 4.90 Å². The Hall–Kier alpha value is -4.06. The lowest BCUT2D eigenvalue weighted by molar-refractivity contribution is -0.566. The number of fused-ring (bicyclic) bond motifs is 3. The van der Waals surface area contributed by atoms with Crippen LogP contribution in [0.3, 0.4) is 0 Å². The van der Waals surface area contributed by atoms with Crippen LogP contribution in [0, 0.1) is 17.6 Å². The molecule has 0 saturated heterocycles. The van der Waals surface area contributed by atoms with Gasteiger partial charge in [0.05, 0.1) is 12.2 Å². The maximum absolute atomic E-state index is 15.2. The summed E-state index contributed by atoms with van der Waals surface area (Å²) in [6.45, 7) is 1.51. The van der Waals surface area contributed by atoms with Crippen LogP contribution in [0.5, 0.6) is 11.5 Å². The first-order chi connectivity index (χ1) is 21.3. The van der Waals surface area contributed by atoms with E-state index in [2.05, 4.69) is 5.11 Å².